The normalized spacial score (nSPS) is 12.0. The molecule has 1 atom stereocenters. The molecule has 27 heavy (non-hydrogen) atoms. The summed E-state index contributed by atoms with van der Waals surface area (Å²) in [7, 11) is 1.54. The zero-order valence-corrected chi connectivity index (χ0v) is 16.0. The predicted octanol–water partition coefficient (Wildman–Crippen LogP) is 4.17. The maximum absolute atomic E-state index is 13.6. The number of carbonyl (C=O) groups is 2. The summed E-state index contributed by atoms with van der Waals surface area (Å²) in [6.45, 7) is 1.38. The van der Waals surface area contributed by atoms with E-state index in [-0.39, 0.29) is 6.54 Å². The highest BCUT2D eigenvalue weighted by molar-refractivity contribution is 6.42. The summed E-state index contributed by atoms with van der Waals surface area (Å²) in [5.74, 6) is -2.80. The lowest BCUT2D eigenvalue weighted by molar-refractivity contribution is -0.122. The van der Waals surface area contributed by atoms with E-state index in [0.29, 0.717) is 15.7 Å². The summed E-state index contributed by atoms with van der Waals surface area (Å²) in [6.07, 6.45) is 0. The predicted molar refractivity (Wildman–Crippen MR) is 102 cm³/mol. The highest BCUT2D eigenvalue weighted by Crippen LogP contribution is 2.25. The lowest BCUT2D eigenvalue weighted by atomic mass is 10.2. The first-order valence-electron chi connectivity index (χ1n) is 7.89. The minimum absolute atomic E-state index is 0.130. The van der Waals surface area contributed by atoms with Crippen LogP contribution < -0.4 is 10.6 Å². The molecule has 2 rings (SSSR count). The summed E-state index contributed by atoms with van der Waals surface area (Å²) in [5, 5.41) is 5.48. The highest BCUT2D eigenvalue weighted by atomic mass is 35.5. The summed E-state index contributed by atoms with van der Waals surface area (Å²) in [5.41, 5.74) is -0.0728. The molecule has 0 spiro atoms. The molecular formula is C18H17Cl2F2N3O2. The van der Waals surface area contributed by atoms with Crippen LogP contribution in [-0.4, -0.2) is 36.3 Å². The number of amides is 2. The third-order valence-electron chi connectivity index (χ3n) is 3.85. The fourth-order valence-corrected chi connectivity index (χ4v) is 2.48. The van der Waals surface area contributed by atoms with Gasteiger partial charge in [0.25, 0.3) is 0 Å². The van der Waals surface area contributed by atoms with E-state index in [1.165, 1.54) is 31.0 Å². The zero-order chi connectivity index (χ0) is 20.1. The quantitative estimate of drug-likeness (QED) is 0.743. The molecule has 2 N–H and O–H groups in total. The molecule has 2 amide bonds. The van der Waals surface area contributed by atoms with Crippen LogP contribution in [0, 0.1) is 11.6 Å². The van der Waals surface area contributed by atoms with Crippen LogP contribution in [0.4, 0.5) is 20.2 Å². The van der Waals surface area contributed by atoms with E-state index in [9.17, 15) is 18.4 Å². The van der Waals surface area contributed by atoms with E-state index in [4.69, 9.17) is 23.2 Å². The van der Waals surface area contributed by atoms with Crippen LogP contribution >= 0.6 is 23.2 Å². The first kappa shape index (κ1) is 21.1. The number of rotatable bonds is 6. The van der Waals surface area contributed by atoms with E-state index < -0.39 is 35.2 Å². The maximum Gasteiger partial charge on any atom is 0.241 e. The van der Waals surface area contributed by atoms with Crippen LogP contribution in [0.3, 0.4) is 0 Å². The van der Waals surface area contributed by atoms with Gasteiger partial charge in [0.05, 0.1) is 22.6 Å². The SMILES string of the molecule is CC(C(=O)Nc1c(F)cccc1F)N(C)CC(=O)Nc1ccc(Cl)c(Cl)c1. The van der Waals surface area contributed by atoms with Crippen molar-refractivity contribution in [2.24, 2.45) is 0 Å². The Morgan fingerprint density at radius 2 is 1.70 bits per heavy atom. The molecule has 0 aromatic heterocycles. The minimum atomic E-state index is -0.879. The Balaban J connectivity index is 1.95. The molecule has 0 aliphatic heterocycles. The Labute approximate surface area is 165 Å². The average Bonchev–Trinajstić information content (AvgIpc) is 2.60. The van der Waals surface area contributed by atoms with Crippen LogP contribution in [0.5, 0.6) is 0 Å². The Hall–Kier alpha value is -2.22. The standard InChI is InChI=1S/C18H17Cl2F2N3O2/c1-10(18(27)24-17-14(21)4-3-5-15(17)22)25(2)9-16(26)23-11-6-7-12(19)13(20)8-11/h3-8,10H,9H2,1-2H3,(H,23,26)(H,24,27). The number of nitrogens with zero attached hydrogens (tertiary/aromatic N) is 1. The molecule has 1 unspecified atom stereocenters. The van der Waals surface area contributed by atoms with Gasteiger partial charge < -0.3 is 10.6 Å². The number of hydrogen-bond acceptors (Lipinski definition) is 3. The number of carbonyl (C=O) groups excluding carboxylic acids is 2. The van der Waals surface area contributed by atoms with Crippen molar-refractivity contribution >= 4 is 46.4 Å². The molecule has 0 saturated carbocycles. The maximum atomic E-state index is 13.6. The first-order chi connectivity index (χ1) is 12.7. The Kier molecular flexibility index (Phi) is 7.12. The molecule has 144 valence electrons. The van der Waals surface area contributed by atoms with E-state index >= 15 is 0 Å². The number of benzene rings is 2. The third kappa shape index (κ3) is 5.63. The van der Waals surface area contributed by atoms with Gasteiger partial charge in [0.2, 0.25) is 11.8 Å². The Morgan fingerprint density at radius 3 is 2.30 bits per heavy atom. The van der Waals surface area contributed by atoms with Crippen molar-refractivity contribution in [1.29, 1.82) is 0 Å². The van der Waals surface area contributed by atoms with Crippen molar-refractivity contribution in [2.75, 3.05) is 24.2 Å². The van der Waals surface area contributed by atoms with Gasteiger partial charge in [0, 0.05) is 5.69 Å². The van der Waals surface area contributed by atoms with Crippen molar-refractivity contribution in [3.63, 3.8) is 0 Å². The van der Waals surface area contributed by atoms with Gasteiger partial charge in [-0.2, -0.15) is 0 Å². The van der Waals surface area contributed by atoms with Crippen molar-refractivity contribution in [2.45, 2.75) is 13.0 Å². The van der Waals surface area contributed by atoms with Crippen LogP contribution in [0.2, 0.25) is 10.0 Å². The molecule has 2 aromatic rings. The summed E-state index contributed by atoms with van der Waals surface area (Å²) in [4.78, 5) is 25.8. The molecule has 0 fully saturated rings. The van der Waals surface area contributed by atoms with E-state index in [1.807, 2.05) is 0 Å². The second-order valence-corrected chi connectivity index (χ2v) is 6.67. The van der Waals surface area contributed by atoms with Gasteiger partial charge in [0.15, 0.2) is 0 Å². The smallest absolute Gasteiger partial charge is 0.241 e. The van der Waals surface area contributed by atoms with Crippen molar-refractivity contribution in [1.82, 2.24) is 4.90 Å². The van der Waals surface area contributed by atoms with E-state index in [0.717, 1.165) is 12.1 Å². The number of anilines is 2. The van der Waals surface area contributed by atoms with E-state index in [1.54, 1.807) is 12.1 Å². The van der Waals surface area contributed by atoms with Crippen LogP contribution in [0.15, 0.2) is 36.4 Å². The second-order valence-electron chi connectivity index (χ2n) is 5.85. The van der Waals surface area contributed by atoms with Gasteiger partial charge in [-0.3, -0.25) is 14.5 Å². The first-order valence-corrected chi connectivity index (χ1v) is 8.64. The minimum Gasteiger partial charge on any atom is -0.325 e. The molecule has 0 radical (unpaired) electrons. The molecule has 9 heteroatoms. The summed E-state index contributed by atoms with van der Waals surface area (Å²) in [6, 6.07) is 7.09. The largest absolute Gasteiger partial charge is 0.325 e. The van der Waals surface area contributed by atoms with Gasteiger partial charge >= 0.3 is 0 Å². The number of nitrogens with one attached hydrogen (secondary N) is 2. The lowest BCUT2D eigenvalue weighted by Gasteiger charge is -2.23. The number of para-hydroxylation sites is 1. The third-order valence-corrected chi connectivity index (χ3v) is 4.59. The fourth-order valence-electron chi connectivity index (χ4n) is 2.18. The topological polar surface area (TPSA) is 61.4 Å². The van der Waals surface area contributed by atoms with Gasteiger partial charge in [-0.15, -0.1) is 0 Å². The summed E-state index contributed by atoms with van der Waals surface area (Å²) < 4.78 is 27.3. The molecule has 0 saturated heterocycles. The van der Waals surface area contributed by atoms with Crippen LogP contribution in [0.1, 0.15) is 6.92 Å². The van der Waals surface area contributed by atoms with E-state index in [2.05, 4.69) is 10.6 Å². The molecule has 5 nitrogen and oxygen atoms in total. The van der Waals surface area contributed by atoms with Crippen molar-refractivity contribution in [3.8, 4) is 0 Å². The molecule has 0 aliphatic carbocycles. The monoisotopic (exact) mass is 415 g/mol. The second kappa shape index (κ2) is 9.12. The number of halogens is 4. The van der Waals surface area contributed by atoms with Crippen molar-refractivity contribution < 1.29 is 18.4 Å². The van der Waals surface area contributed by atoms with Gasteiger partial charge in [-0.1, -0.05) is 29.3 Å². The number of likely N-dealkylation sites (N-methyl/N-ethyl adjacent to an activating group) is 1. The molecule has 2 aromatic carbocycles. The fraction of sp³-hybridized carbons (Fsp3) is 0.222. The molecule has 0 bridgehead atoms. The Morgan fingerprint density at radius 1 is 1.07 bits per heavy atom. The summed E-state index contributed by atoms with van der Waals surface area (Å²) >= 11 is 11.7. The number of hydrogen-bond donors (Lipinski definition) is 2. The van der Waals surface area contributed by atoms with Crippen LogP contribution in [0.25, 0.3) is 0 Å². The average molecular weight is 416 g/mol. The van der Waals surface area contributed by atoms with Gasteiger partial charge in [-0.05, 0) is 44.3 Å². The Bertz CT molecular complexity index is 844. The van der Waals surface area contributed by atoms with Crippen molar-refractivity contribution in [3.05, 3.63) is 58.1 Å². The molecular weight excluding hydrogens is 399 g/mol. The van der Waals surface area contributed by atoms with Crippen LogP contribution in [-0.2, 0) is 9.59 Å². The molecule has 0 heterocycles. The highest BCUT2D eigenvalue weighted by Gasteiger charge is 2.22. The van der Waals surface area contributed by atoms with Gasteiger partial charge in [-0.25, -0.2) is 8.78 Å². The lowest BCUT2D eigenvalue weighted by Crippen LogP contribution is -2.43. The zero-order valence-electron chi connectivity index (χ0n) is 14.5. The van der Waals surface area contributed by atoms with Gasteiger partial charge in [0.1, 0.15) is 17.3 Å². The molecule has 0 aliphatic rings.